The molecule has 154 valence electrons. The van der Waals surface area contributed by atoms with Gasteiger partial charge in [0, 0.05) is 0 Å². The Bertz CT molecular complexity index is 583. The second-order valence-corrected chi connectivity index (χ2v) is 11.3. The lowest BCUT2D eigenvalue weighted by atomic mass is 9.43. The molecule has 6 unspecified atom stereocenters. The minimum absolute atomic E-state index is 0.126. The molecule has 0 amide bonds. The van der Waals surface area contributed by atoms with Gasteiger partial charge in [0.05, 0.1) is 12.4 Å². The van der Waals surface area contributed by atoms with Gasteiger partial charge in [-0.3, -0.25) is 0 Å². The number of allylic oxidation sites excluding steroid dienone is 1. The maximum Gasteiger partial charge on any atom is 0.0786 e. The molecule has 0 bridgehead atoms. The second-order valence-electron chi connectivity index (χ2n) is 11.3. The lowest BCUT2D eigenvalue weighted by Gasteiger charge is -2.61. The van der Waals surface area contributed by atoms with Crippen molar-refractivity contribution in [3.63, 3.8) is 0 Å². The summed E-state index contributed by atoms with van der Waals surface area (Å²) in [5, 5.41) is 20.5. The first-order valence-electron chi connectivity index (χ1n) is 11.9. The minimum atomic E-state index is -0.126. The second kappa shape index (κ2) is 7.08. The number of hydrogen-bond acceptors (Lipinski definition) is 2. The van der Waals surface area contributed by atoms with Crippen molar-refractivity contribution in [2.45, 2.75) is 98.0 Å². The van der Waals surface area contributed by atoms with Gasteiger partial charge in [0.2, 0.25) is 0 Å². The molecule has 4 aliphatic rings. The number of rotatable bonds is 3. The molecule has 0 radical (unpaired) electrons. The zero-order valence-electron chi connectivity index (χ0n) is 18.1. The zero-order valence-corrected chi connectivity index (χ0v) is 18.1. The lowest BCUT2D eigenvalue weighted by Crippen LogP contribution is -2.55. The normalized spacial score (nSPS) is 52.1. The molecule has 4 fully saturated rings. The molecule has 4 aliphatic carbocycles. The van der Waals surface area contributed by atoms with Crippen molar-refractivity contribution in [1.82, 2.24) is 0 Å². The predicted molar refractivity (Wildman–Crippen MR) is 111 cm³/mol. The van der Waals surface area contributed by atoms with E-state index in [1.54, 1.807) is 0 Å². The molecule has 27 heavy (non-hydrogen) atoms. The Morgan fingerprint density at radius 2 is 1.78 bits per heavy atom. The van der Waals surface area contributed by atoms with Crippen LogP contribution in [0.25, 0.3) is 0 Å². The summed E-state index contributed by atoms with van der Waals surface area (Å²) >= 11 is 0. The van der Waals surface area contributed by atoms with Crippen LogP contribution in [0.2, 0.25) is 0 Å². The Morgan fingerprint density at radius 3 is 2.48 bits per heavy atom. The number of hydrogen-bond donors (Lipinski definition) is 2. The van der Waals surface area contributed by atoms with Gasteiger partial charge in [-0.1, -0.05) is 40.5 Å². The molecule has 0 aromatic heterocycles. The van der Waals surface area contributed by atoms with Crippen molar-refractivity contribution >= 4 is 0 Å². The van der Waals surface area contributed by atoms with Crippen LogP contribution in [-0.2, 0) is 0 Å². The molecule has 0 aromatic carbocycles. The highest BCUT2D eigenvalue weighted by Crippen LogP contribution is 2.69. The van der Waals surface area contributed by atoms with Crippen molar-refractivity contribution < 1.29 is 10.2 Å². The van der Waals surface area contributed by atoms with Crippen molar-refractivity contribution in [2.24, 2.45) is 46.3 Å². The Morgan fingerprint density at radius 1 is 1.07 bits per heavy atom. The van der Waals surface area contributed by atoms with Gasteiger partial charge >= 0.3 is 0 Å². The van der Waals surface area contributed by atoms with Crippen LogP contribution >= 0.6 is 0 Å². The average molecular weight is 375 g/mol. The Hall–Kier alpha value is -0.500. The van der Waals surface area contributed by atoms with E-state index in [-0.39, 0.29) is 6.10 Å². The van der Waals surface area contributed by atoms with Crippen LogP contribution in [0.15, 0.2) is 11.8 Å². The molecule has 4 saturated carbocycles. The highest BCUT2D eigenvalue weighted by Gasteiger charge is 2.61. The largest absolute Gasteiger partial charge is 0.516 e. The van der Waals surface area contributed by atoms with Crippen molar-refractivity contribution in [1.29, 1.82) is 0 Å². The van der Waals surface area contributed by atoms with E-state index >= 15 is 0 Å². The van der Waals surface area contributed by atoms with Crippen LogP contribution < -0.4 is 0 Å². The molecule has 4 rings (SSSR count). The molecule has 2 nitrogen and oxygen atoms in total. The summed E-state index contributed by atoms with van der Waals surface area (Å²) in [7, 11) is 0. The fourth-order valence-corrected chi connectivity index (χ4v) is 8.79. The molecule has 9 atom stereocenters. The van der Waals surface area contributed by atoms with Gasteiger partial charge < -0.3 is 10.2 Å². The van der Waals surface area contributed by atoms with Crippen LogP contribution in [0.3, 0.4) is 0 Å². The summed E-state index contributed by atoms with van der Waals surface area (Å²) in [6.07, 6.45) is 13.6. The van der Waals surface area contributed by atoms with Crippen LogP contribution in [0.4, 0.5) is 0 Å². The number of aliphatic hydroxyl groups excluding tert-OH is 2. The molecule has 2 N–H and O–H groups in total. The van der Waals surface area contributed by atoms with Gasteiger partial charge in [0.15, 0.2) is 0 Å². The highest BCUT2D eigenvalue weighted by molar-refractivity contribution is 5.22. The summed E-state index contributed by atoms with van der Waals surface area (Å²) in [6.45, 7) is 9.96. The molecule has 0 aromatic rings. The molecule has 0 aliphatic heterocycles. The average Bonchev–Trinajstić information content (AvgIpc) is 2.99. The monoisotopic (exact) mass is 374 g/mol. The Kier molecular flexibility index (Phi) is 5.19. The van der Waals surface area contributed by atoms with Gasteiger partial charge in [0.25, 0.3) is 0 Å². The fraction of sp³-hybridized carbons (Fsp3) is 0.920. The molecule has 0 saturated heterocycles. The van der Waals surface area contributed by atoms with E-state index in [1.165, 1.54) is 56.8 Å². The van der Waals surface area contributed by atoms with Crippen molar-refractivity contribution in [3.8, 4) is 0 Å². The molecule has 0 spiro atoms. The van der Waals surface area contributed by atoms with E-state index in [4.69, 9.17) is 0 Å². The smallest absolute Gasteiger partial charge is 0.0786 e. The lowest BCUT2D eigenvalue weighted by molar-refractivity contribution is -0.108. The first-order chi connectivity index (χ1) is 12.8. The van der Waals surface area contributed by atoms with Gasteiger partial charge in [-0.25, -0.2) is 0 Å². The maximum absolute atomic E-state index is 10.3. The van der Waals surface area contributed by atoms with Gasteiger partial charge in [-0.2, -0.15) is 0 Å². The third-order valence-electron chi connectivity index (χ3n) is 10.2. The molecule has 2 heteroatoms. The van der Waals surface area contributed by atoms with Crippen LogP contribution in [-0.4, -0.2) is 16.3 Å². The summed E-state index contributed by atoms with van der Waals surface area (Å²) in [6, 6.07) is 0. The zero-order chi connectivity index (χ0) is 19.4. The van der Waals surface area contributed by atoms with Gasteiger partial charge in [0.1, 0.15) is 0 Å². The van der Waals surface area contributed by atoms with E-state index in [9.17, 15) is 10.2 Å². The fourth-order valence-electron chi connectivity index (χ4n) is 8.79. The number of fused-ring (bicyclic) bond motifs is 5. The third kappa shape index (κ3) is 2.92. The molecular weight excluding hydrogens is 332 g/mol. The van der Waals surface area contributed by atoms with E-state index in [0.717, 1.165) is 37.0 Å². The van der Waals surface area contributed by atoms with Crippen LogP contribution in [0.1, 0.15) is 91.9 Å². The van der Waals surface area contributed by atoms with Crippen LogP contribution in [0, 0.1) is 46.3 Å². The van der Waals surface area contributed by atoms with E-state index in [1.807, 2.05) is 0 Å². The highest BCUT2D eigenvalue weighted by atomic mass is 16.3. The molecule has 0 heterocycles. The summed E-state index contributed by atoms with van der Waals surface area (Å²) in [5.74, 6) is 4.30. The summed E-state index contributed by atoms with van der Waals surface area (Å²) < 4.78 is 0. The van der Waals surface area contributed by atoms with E-state index < -0.39 is 0 Å². The Labute approximate surface area is 166 Å². The maximum atomic E-state index is 10.3. The molecular formula is C25H42O2. The first kappa shape index (κ1) is 19.8. The van der Waals surface area contributed by atoms with Gasteiger partial charge in [-0.15, -0.1) is 0 Å². The minimum Gasteiger partial charge on any atom is -0.516 e. The van der Waals surface area contributed by atoms with Crippen molar-refractivity contribution in [2.75, 3.05) is 0 Å². The topological polar surface area (TPSA) is 40.5 Å². The SMILES string of the molecule is CCCC(C)C1CCC2C3/C(=C\O)CC4C[C@H](O)CC[C@]4(C)C3CC[C@]12C. The quantitative estimate of drug-likeness (QED) is 0.554. The van der Waals surface area contributed by atoms with Crippen LogP contribution in [0.5, 0.6) is 0 Å². The summed E-state index contributed by atoms with van der Waals surface area (Å²) in [5.41, 5.74) is 2.16. The van der Waals surface area contributed by atoms with E-state index in [2.05, 4.69) is 27.7 Å². The predicted octanol–water partition coefficient (Wildman–Crippen LogP) is 6.49. The third-order valence-corrected chi connectivity index (χ3v) is 10.2. The number of aliphatic hydroxyl groups is 2. The summed E-state index contributed by atoms with van der Waals surface area (Å²) in [4.78, 5) is 0. The van der Waals surface area contributed by atoms with Crippen molar-refractivity contribution in [3.05, 3.63) is 11.8 Å². The standard InChI is InChI=1S/C25H42O2/c1-5-6-16(2)20-7-8-21-23-17(15-26)13-18-14-19(27)9-11-24(18,3)22(23)10-12-25(20,21)4/h15-16,18-23,26-27H,5-14H2,1-4H3/b17-15-/t16?,18?,19-,20?,21?,22?,23?,24+,25-/m1/s1. The Balaban J connectivity index is 1.65. The first-order valence-corrected chi connectivity index (χ1v) is 11.9. The van der Waals surface area contributed by atoms with Gasteiger partial charge in [-0.05, 0) is 103 Å². The van der Waals surface area contributed by atoms with E-state index in [0.29, 0.717) is 28.6 Å².